The fraction of sp³-hybridized carbons (Fsp3) is 0.714. The van der Waals surface area contributed by atoms with Crippen molar-refractivity contribution in [1.82, 2.24) is 0 Å². The van der Waals surface area contributed by atoms with E-state index in [4.69, 9.17) is 9.16 Å². The maximum absolute atomic E-state index is 6.67. The van der Waals surface area contributed by atoms with Gasteiger partial charge >= 0.3 is 0 Å². The molecule has 0 aliphatic heterocycles. The van der Waals surface area contributed by atoms with E-state index in [0.29, 0.717) is 29.1 Å². The van der Waals surface area contributed by atoms with Crippen LogP contribution in [0.1, 0.15) is 60.5 Å². The lowest BCUT2D eigenvalue weighted by Crippen LogP contribution is -2.48. The van der Waals surface area contributed by atoms with Gasteiger partial charge in [-0.15, -0.1) is 0 Å². The Morgan fingerprint density at radius 2 is 1.38 bits per heavy atom. The van der Waals surface area contributed by atoms with Crippen molar-refractivity contribution < 1.29 is 9.16 Å². The molecule has 0 heterocycles. The Hall–Kier alpha value is -0.643. The zero-order valence-corrected chi connectivity index (χ0v) is 17.8. The highest BCUT2D eigenvalue weighted by molar-refractivity contribution is 6.77. The number of rotatable bonds is 11. The first-order valence-corrected chi connectivity index (χ1v) is 11.7. The molecule has 1 aromatic rings. The van der Waals surface area contributed by atoms with E-state index in [9.17, 15) is 0 Å². The third-order valence-corrected chi connectivity index (χ3v) is 11.3. The van der Waals surface area contributed by atoms with Gasteiger partial charge in [0.05, 0.1) is 6.61 Å². The summed E-state index contributed by atoms with van der Waals surface area (Å²) in [7, 11) is -1.73. The van der Waals surface area contributed by atoms with Gasteiger partial charge in [-0.1, -0.05) is 78.8 Å². The lowest BCUT2D eigenvalue weighted by atomic mass is 10.1. The molecule has 3 heteroatoms. The van der Waals surface area contributed by atoms with Gasteiger partial charge in [0, 0.05) is 13.2 Å². The van der Waals surface area contributed by atoms with Gasteiger partial charge in [0.1, 0.15) is 0 Å². The lowest BCUT2D eigenvalue weighted by Gasteiger charge is -2.42. The maximum Gasteiger partial charge on any atom is 0.200 e. The highest BCUT2D eigenvalue weighted by atomic mass is 28.4. The molecule has 24 heavy (non-hydrogen) atoms. The highest BCUT2D eigenvalue weighted by Gasteiger charge is 2.45. The van der Waals surface area contributed by atoms with E-state index < -0.39 is 8.32 Å². The van der Waals surface area contributed by atoms with Gasteiger partial charge in [-0.05, 0) is 34.5 Å². The normalized spacial score (nSPS) is 13.9. The fourth-order valence-corrected chi connectivity index (χ4v) is 9.49. The molecule has 0 amide bonds. The Morgan fingerprint density at radius 3 is 1.88 bits per heavy atom. The van der Waals surface area contributed by atoms with Crippen molar-refractivity contribution in [2.45, 2.75) is 78.1 Å². The highest BCUT2D eigenvalue weighted by Crippen LogP contribution is 2.42. The van der Waals surface area contributed by atoms with Crippen LogP contribution in [-0.4, -0.2) is 21.5 Å². The van der Waals surface area contributed by atoms with Gasteiger partial charge < -0.3 is 9.16 Å². The van der Waals surface area contributed by atoms with E-state index >= 15 is 0 Å². The van der Waals surface area contributed by atoms with Crippen LogP contribution in [0.3, 0.4) is 0 Å². The summed E-state index contributed by atoms with van der Waals surface area (Å²) in [6.07, 6.45) is 1.06. The zero-order chi connectivity index (χ0) is 18.2. The molecule has 0 saturated carbocycles. The summed E-state index contributed by atoms with van der Waals surface area (Å²) in [5, 5.41) is 0. The Labute approximate surface area is 151 Å². The van der Waals surface area contributed by atoms with Crippen LogP contribution in [0.5, 0.6) is 0 Å². The lowest BCUT2D eigenvalue weighted by molar-refractivity contribution is 0.0990. The molecule has 0 spiro atoms. The first kappa shape index (κ1) is 21.4. The van der Waals surface area contributed by atoms with Gasteiger partial charge in [-0.2, -0.15) is 0 Å². The summed E-state index contributed by atoms with van der Waals surface area (Å²) in [4.78, 5) is 0. The number of ether oxygens (including phenoxy) is 1. The molecule has 0 radical (unpaired) electrons. The topological polar surface area (TPSA) is 18.5 Å². The summed E-state index contributed by atoms with van der Waals surface area (Å²) in [6.45, 7) is 18.7. The minimum absolute atomic E-state index is 0.545. The van der Waals surface area contributed by atoms with Crippen molar-refractivity contribution in [2.75, 3.05) is 13.2 Å². The Kier molecular flexibility index (Phi) is 9.25. The number of hydrogen-bond acceptors (Lipinski definition) is 2. The van der Waals surface area contributed by atoms with E-state index in [1.165, 1.54) is 5.56 Å². The second kappa shape index (κ2) is 10.4. The maximum atomic E-state index is 6.67. The molecule has 0 fully saturated rings. The molecule has 0 aliphatic rings. The first-order chi connectivity index (χ1) is 11.3. The first-order valence-electron chi connectivity index (χ1n) is 9.56. The van der Waals surface area contributed by atoms with E-state index in [1.807, 2.05) is 6.07 Å². The SMILES string of the molecule is CC(CCOCc1ccccc1)CO[Si](C(C)C)(C(C)C)C(C)C. The Bertz CT molecular complexity index is 421. The van der Waals surface area contributed by atoms with Crippen LogP contribution >= 0.6 is 0 Å². The molecule has 0 aromatic heterocycles. The van der Waals surface area contributed by atoms with Crippen LogP contribution in [0.25, 0.3) is 0 Å². The van der Waals surface area contributed by atoms with Crippen LogP contribution in [0.2, 0.25) is 16.6 Å². The average Bonchev–Trinajstić information content (AvgIpc) is 2.52. The molecule has 0 aliphatic carbocycles. The van der Waals surface area contributed by atoms with Crippen molar-refractivity contribution >= 4 is 8.32 Å². The van der Waals surface area contributed by atoms with Crippen molar-refractivity contribution in [3.05, 3.63) is 35.9 Å². The third kappa shape index (κ3) is 6.02. The summed E-state index contributed by atoms with van der Waals surface area (Å²) < 4.78 is 12.5. The van der Waals surface area contributed by atoms with Gasteiger partial charge in [0.25, 0.3) is 0 Å². The van der Waals surface area contributed by atoms with Crippen LogP contribution < -0.4 is 0 Å². The molecule has 0 saturated heterocycles. The molecule has 1 atom stereocenters. The fourth-order valence-electron chi connectivity index (χ4n) is 3.92. The molecule has 0 bridgehead atoms. The summed E-state index contributed by atoms with van der Waals surface area (Å²) in [6, 6.07) is 10.4. The summed E-state index contributed by atoms with van der Waals surface area (Å²) >= 11 is 0. The standard InChI is InChI=1S/C21H38O2Si/c1-17(2)24(18(3)4,19(5)6)23-15-20(7)13-14-22-16-21-11-9-8-10-12-21/h8-12,17-20H,13-16H2,1-7H3. The largest absolute Gasteiger partial charge is 0.416 e. The average molecular weight is 351 g/mol. The van der Waals surface area contributed by atoms with Gasteiger partial charge in [-0.3, -0.25) is 0 Å². The van der Waals surface area contributed by atoms with Crippen LogP contribution in [0.4, 0.5) is 0 Å². The molecular weight excluding hydrogens is 312 g/mol. The van der Waals surface area contributed by atoms with Gasteiger partial charge in [-0.25, -0.2) is 0 Å². The van der Waals surface area contributed by atoms with Crippen molar-refractivity contribution in [2.24, 2.45) is 5.92 Å². The molecule has 1 unspecified atom stereocenters. The molecule has 0 N–H and O–H groups in total. The summed E-state index contributed by atoms with van der Waals surface area (Å²) in [5.41, 5.74) is 3.20. The van der Waals surface area contributed by atoms with Crippen LogP contribution in [0.15, 0.2) is 30.3 Å². The van der Waals surface area contributed by atoms with Crippen molar-refractivity contribution in [3.8, 4) is 0 Å². The quantitative estimate of drug-likeness (QED) is 0.338. The Balaban J connectivity index is 2.39. The monoisotopic (exact) mass is 350 g/mol. The van der Waals surface area contributed by atoms with E-state index in [-0.39, 0.29) is 0 Å². The number of hydrogen-bond donors (Lipinski definition) is 0. The Morgan fingerprint density at radius 1 is 0.833 bits per heavy atom. The number of benzene rings is 1. The minimum Gasteiger partial charge on any atom is -0.416 e. The zero-order valence-electron chi connectivity index (χ0n) is 16.8. The van der Waals surface area contributed by atoms with Crippen LogP contribution in [-0.2, 0) is 15.8 Å². The van der Waals surface area contributed by atoms with Gasteiger partial charge in [0.2, 0.25) is 0 Å². The molecule has 1 aromatic carbocycles. The molecule has 1 rings (SSSR count). The summed E-state index contributed by atoms with van der Waals surface area (Å²) in [5.74, 6) is 0.545. The van der Waals surface area contributed by atoms with E-state index in [2.05, 4.69) is 72.7 Å². The van der Waals surface area contributed by atoms with E-state index in [1.54, 1.807) is 0 Å². The predicted octanol–water partition coefficient (Wildman–Crippen LogP) is 6.42. The smallest absolute Gasteiger partial charge is 0.200 e. The van der Waals surface area contributed by atoms with E-state index in [0.717, 1.165) is 19.6 Å². The van der Waals surface area contributed by atoms with Gasteiger partial charge in [0.15, 0.2) is 8.32 Å². The van der Waals surface area contributed by atoms with Crippen molar-refractivity contribution in [3.63, 3.8) is 0 Å². The molecular formula is C21H38O2Si. The second-order valence-corrected chi connectivity index (χ2v) is 13.5. The predicted molar refractivity (Wildman–Crippen MR) is 107 cm³/mol. The third-order valence-electron chi connectivity index (χ3n) is 5.19. The molecule has 2 nitrogen and oxygen atoms in total. The second-order valence-electron chi connectivity index (χ2n) is 8.06. The molecule has 138 valence electrons. The van der Waals surface area contributed by atoms with Crippen LogP contribution in [0, 0.1) is 5.92 Å². The minimum atomic E-state index is -1.73. The van der Waals surface area contributed by atoms with Crippen molar-refractivity contribution in [1.29, 1.82) is 0 Å².